The van der Waals surface area contributed by atoms with Gasteiger partial charge in [-0.25, -0.2) is 9.78 Å². The zero-order valence-corrected chi connectivity index (χ0v) is 18.7. The maximum absolute atomic E-state index is 13.0. The number of cyclic esters (lactones) is 1. The van der Waals surface area contributed by atoms with E-state index in [1.165, 1.54) is 11.1 Å². The summed E-state index contributed by atoms with van der Waals surface area (Å²) >= 11 is 0. The molecule has 3 heterocycles. The molecular weight excluding hydrogens is 392 g/mol. The van der Waals surface area contributed by atoms with Gasteiger partial charge < -0.3 is 14.5 Å². The number of aryl methyl sites for hydroxylation is 3. The summed E-state index contributed by atoms with van der Waals surface area (Å²) in [5.41, 5.74) is 4.83. The number of hydrogen-bond acceptors (Lipinski definition) is 5. The zero-order valence-electron chi connectivity index (χ0n) is 18.7. The molecule has 2 fully saturated rings. The Morgan fingerprint density at radius 1 is 1.06 bits per heavy atom. The van der Waals surface area contributed by atoms with Crippen molar-refractivity contribution < 1.29 is 14.3 Å². The second-order valence-electron chi connectivity index (χ2n) is 8.37. The molecule has 7 nitrogen and oxygen atoms in total. The van der Waals surface area contributed by atoms with Crippen molar-refractivity contribution in [1.29, 1.82) is 0 Å². The van der Waals surface area contributed by atoms with E-state index in [1.54, 1.807) is 17.0 Å². The van der Waals surface area contributed by atoms with E-state index in [4.69, 9.17) is 9.72 Å². The van der Waals surface area contributed by atoms with E-state index in [0.717, 1.165) is 36.7 Å². The van der Waals surface area contributed by atoms with E-state index >= 15 is 0 Å². The molecule has 2 aliphatic rings. The molecule has 2 amide bonds. The first kappa shape index (κ1) is 21.2. The molecule has 2 aliphatic heterocycles. The van der Waals surface area contributed by atoms with Gasteiger partial charge in [-0.1, -0.05) is 13.0 Å². The van der Waals surface area contributed by atoms with Gasteiger partial charge in [0.2, 0.25) is 0 Å². The molecule has 1 aromatic heterocycles. The highest BCUT2D eigenvalue weighted by atomic mass is 16.6. The molecule has 2 aromatic rings. The number of nitrogens with zero attached hydrogens (tertiary/aromatic N) is 4. The lowest BCUT2D eigenvalue weighted by Crippen LogP contribution is -2.49. The summed E-state index contributed by atoms with van der Waals surface area (Å²) < 4.78 is 5.17. The molecule has 2 saturated heterocycles. The number of aromatic nitrogens is 1. The molecule has 0 unspecified atom stereocenters. The largest absolute Gasteiger partial charge is 0.447 e. The number of rotatable bonds is 4. The molecule has 0 N–H and O–H groups in total. The van der Waals surface area contributed by atoms with Gasteiger partial charge >= 0.3 is 6.09 Å². The lowest BCUT2D eigenvalue weighted by molar-refractivity contribution is 0.0746. The molecule has 31 heavy (non-hydrogen) atoms. The van der Waals surface area contributed by atoms with Gasteiger partial charge in [-0.3, -0.25) is 9.69 Å². The standard InChI is InChI=1S/C24H30N4O3/c1-5-20-15-31-24(30)28(20)21-8-6-19(7-9-21)23(29)27-12-10-26(11-13-27)22-17(3)14-16(2)18(4)25-22/h6-9,14,20H,5,10-13,15H2,1-4H3/t20-/m1/s1. The molecule has 0 radical (unpaired) electrons. The predicted molar refractivity (Wildman–Crippen MR) is 121 cm³/mol. The predicted octanol–water partition coefficient (Wildman–Crippen LogP) is 3.70. The van der Waals surface area contributed by atoms with Crippen molar-refractivity contribution in [2.24, 2.45) is 0 Å². The first-order valence-corrected chi connectivity index (χ1v) is 10.9. The first-order valence-electron chi connectivity index (χ1n) is 10.9. The maximum atomic E-state index is 13.0. The van der Waals surface area contributed by atoms with Crippen LogP contribution in [0.3, 0.4) is 0 Å². The van der Waals surface area contributed by atoms with Gasteiger partial charge in [0.05, 0.1) is 6.04 Å². The fourth-order valence-electron chi connectivity index (χ4n) is 4.29. The summed E-state index contributed by atoms with van der Waals surface area (Å²) in [6.45, 7) is 11.5. The third-order valence-electron chi connectivity index (χ3n) is 6.32. The van der Waals surface area contributed by atoms with Gasteiger partial charge in [-0.05, 0) is 62.6 Å². The van der Waals surface area contributed by atoms with Crippen molar-refractivity contribution in [3.05, 3.63) is 52.7 Å². The van der Waals surface area contributed by atoms with Gasteiger partial charge in [0.1, 0.15) is 12.4 Å². The topological polar surface area (TPSA) is 66.0 Å². The van der Waals surface area contributed by atoms with Crippen molar-refractivity contribution >= 4 is 23.5 Å². The van der Waals surface area contributed by atoms with Crippen LogP contribution in [0.2, 0.25) is 0 Å². The minimum atomic E-state index is -0.322. The number of ether oxygens (including phenoxy) is 1. The van der Waals surface area contributed by atoms with Crippen molar-refractivity contribution in [2.45, 2.75) is 40.2 Å². The highest BCUT2D eigenvalue weighted by Crippen LogP contribution is 2.26. The third kappa shape index (κ3) is 4.09. The van der Waals surface area contributed by atoms with Crippen molar-refractivity contribution in [1.82, 2.24) is 9.88 Å². The number of benzene rings is 1. The number of hydrogen-bond donors (Lipinski definition) is 0. The molecule has 4 rings (SSSR count). The van der Waals surface area contributed by atoms with Crippen LogP contribution in [0.4, 0.5) is 16.3 Å². The lowest BCUT2D eigenvalue weighted by Gasteiger charge is -2.36. The van der Waals surface area contributed by atoms with Gasteiger partial charge in [0, 0.05) is 43.1 Å². The van der Waals surface area contributed by atoms with Crippen LogP contribution in [-0.2, 0) is 4.74 Å². The Morgan fingerprint density at radius 3 is 2.39 bits per heavy atom. The Morgan fingerprint density at radius 2 is 1.74 bits per heavy atom. The monoisotopic (exact) mass is 422 g/mol. The fourth-order valence-corrected chi connectivity index (χ4v) is 4.29. The van der Waals surface area contributed by atoms with Crippen LogP contribution in [0, 0.1) is 20.8 Å². The smallest absolute Gasteiger partial charge is 0.414 e. The highest BCUT2D eigenvalue weighted by molar-refractivity contribution is 5.96. The highest BCUT2D eigenvalue weighted by Gasteiger charge is 2.33. The molecule has 0 aliphatic carbocycles. The molecular formula is C24H30N4O3. The Hall–Kier alpha value is -3.09. The number of pyridine rings is 1. The van der Waals surface area contributed by atoms with Gasteiger partial charge in [-0.2, -0.15) is 0 Å². The Kier molecular flexibility index (Phi) is 5.85. The van der Waals surface area contributed by atoms with Crippen molar-refractivity contribution in [2.75, 3.05) is 42.6 Å². The first-order chi connectivity index (χ1) is 14.9. The normalized spacial score (nSPS) is 19.0. The second kappa shape index (κ2) is 8.57. The number of carbonyl (C=O) groups is 2. The number of carbonyl (C=O) groups excluding carboxylic acids is 2. The summed E-state index contributed by atoms with van der Waals surface area (Å²) in [6, 6.07) is 9.50. The van der Waals surface area contributed by atoms with Crippen LogP contribution >= 0.6 is 0 Å². The van der Waals surface area contributed by atoms with Crippen LogP contribution in [0.5, 0.6) is 0 Å². The number of amides is 2. The van der Waals surface area contributed by atoms with Gasteiger partial charge in [-0.15, -0.1) is 0 Å². The summed E-state index contributed by atoms with van der Waals surface area (Å²) in [5.74, 6) is 1.04. The maximum Gasteiger partial charge on any atom is 0.414 e. The molecule has 1 aromatic carbocycles. The Labute approximate surface area is 183 Å². The molecule has 0 bridgehead atoms. The summed E-state index contributed by atoms with van der Waals surface area (Å²) in [6.07, 6.45) is 0.503. The van der Waals surface area contributed by atoms with Gasteiger partial charge in [0.15, 0.2) is 0 Å². The average molecular weight is 423 g/mol. The van der Waals surface area contributed by atoms with E-state index in [9.17, 15) is 9.59 Å². The molecule has 0 saturated carbocycles. The van der Waals surface area contributed by atoms with E-state index in [-0.39, 0.29) is 18.0 Å². The number of piperazine rings is 1. The van der Waals surface area contributed by atoms with E-state index in [1.807, 2.05) is 30.9 Å². The van der Waals surface area contributed by atoms with E-state index < -0.39 is 0 Å². The van der Waals surface area contributed by atoms with Crippen LogP contribution in [-0.4, -0.2) is 60.7 Å². The molecule has 7 heteroatoms. The fraction of sp³-hybridized carbons (Fsp3) is 0.458. The quantitative estimate of drug-likeness (QED) is 0.752. The number of anilines is 2. The van der Waals surface area contributed by atoms with E-state index in [0.29, 0.717) is 25.3 Å². The van der Waals surface area contributed by atoms with Crippen LogP contribution in [0.15, 0.2) is 30.3 Å². The van der Waals surface area contributed by atoms with Crippen molar-refractivity contribution in [3.8, 4) is 0 Å². The van der Waals surface area contributed by atoms with Crippen LogP contribution in [0.1, 0.15) is 40.5 Å². The summed E-state index contributed by atoms with van der Waals surface area (Å²) in [7, 11) is 0. The minimum absolute atomic E-state index is 0.0204. The lowest BCUT2D eigenvalue weighted by atomic mass is 10.1. The van der Waals surface area contributed by atoms with Crippen LogP contribution in [0.25, 0.3) is 0 Å². The van der Waals surface area contributed by atoms with Crippen LogP contribution < -0.4 is 9.80 Å². The second-order valence-corrected chi connectivity index (χ2v) is 8.37. The molecule has 164 valence electrons. The zero-order chi connectivity index (χ0) is 22.1. The summed E-state index contributed by atoms with van der Waals surface area (Å²) in [4.78, 5) is 35.6. The summed E-state index contributed by atoms with van der Waals surface area (Å²) in [5, 5.41) is 0. The average Bonchev–Trinajstić information content (AvgIpc) is 3.16. The SMILES string of the molecule is CC[C@@H]1COC(=O)N1c1ccc(C(=O)N2CCN(c3nc(C)c(C)cc3C)CC2)cc1. The minimum Gasteiger partial charge on any atom is -0.447 e. The van der Waals surface area contributed by atoms with Gasteiger partial charge in [0.25, 0.3) is 5.91 Å². The molecule has 1 atom stereocenters. The third-order valence-corrected chi connectivity index (χ3v) is 6.32. The molecule has 0 spiro atoms. The Balaban J connectivity index is 1.41. The van der Waals surface area contributed by atoms with Crippen molar-refractivity contribution in [3.63, 3.8) is 0 Å². The van der Waals surface area contributed by atoms with E-state index in [2.05, 4.69) is 24.8 Å². The Bertz CT molecular complexity index is 981.